The third-order valence-corrected chi connectivity index (χ3v) is 4.62. The number of nitrogens with zero attached hydrogens (tertiary/aromatic N) is 3. The van der Waals surface area contributed by atoms with Crippen molar-refractivity contribution in [3.05, 3.63) is 29.8 Å². The minimum Gasteiger partial charge on any atom is -0.368 e. The molecule has 28 heavy (non-hydrogen) atoms. The van der Waals surface area contributed by atoms with E-state index >= 15 is 0 Å². The number of rotatable bonds is 5. The van der Waals surface area contributed by atoms with Crippen molar-refractivity contribution in [2.45, 2.75) is 34.6 Å². The van der Waals surface area contributed by atoms with Gasteiger partial charge in [-0.15, -0.1) is 24.0 Å². The maximum Gasteiger partial charge on any atom is 0.225 e. The lowest BCUT2D eigenvalue weighted by molar-refractivity contribution is -0.128. The molecule has 7 heteroatoms. The van der Waals surface area contributed by atoms with Crippen molar-refractivity contribution in [2.24, 2.45) is 10.4 Å². The van der Waals surface area contributed by atoms with Gasteiger partial charge < -0.3 is 20.4 Å². The Kier molecular flexibility index (Phi) is 10.1. The topological polar surface area (TPSA) is 60.0 Å². The Hall–Kier alpha value is -1.51. The quantitative estimate of drug-likeness (QED) is 0.282. The molecule has 1 fully saturated rings. The van der Waals surface area contributed by atoms with Crippen LogP contribution < -0.4 is 15.5 Å². The van der Waals surface area contributed by atoms with E-state index in [1.807, 2.05) is 20.8 Å². The van der Waals surface area contributed by atoms with Gasteiger partial charge in [0.25, 0.3) is 0 Å². The minimum absolute atomic E-state index is 0. The van der Waals surface area contributed by atoms with Gasteiger partial charge in [0.2, 0.25) is 5.91 Å². The van der Waals surface area contributed by atoms with Gasteiger partial charge in [-0.2, -0.15) is 0 Å². The molecule has 1 aromatic carbocycles. The Morgan fingerprint density at radius 3 is 2.39 bits per heavy atom. The number of benzene rings is 1. The van der Waals surface area contributed by atoms with Crippen LogP contribution in [0.1, 0.15) is 33.3 Å². The Morgan fingerprint density at radius 1 is 1.14 bits per heavy atom. The molecule has 0 spiro atoms. The molecule has 2 N–H and O–H groups in total. The molecule has 0 unspecified atom stereocenters. The third kappa shape index (κ3) is 7.48. The highest BCUT2D eigenvalue weighted by Crippen LogP contribution is 2.17. The molecule has 2 rings (SSSR count). The molecule has 6 nitrogen and oxygen atoms in total. The molecule has 0 bridgehead atoms. The van der Waals surface area contributed by atoms with Crippen LogP contribution in [0.3, 0.4) is 0 Å². The standard InChI is InChI=1S/C21H35N5O.HI/c1-6-22-20(24-11-10-23-19(27)21(3,4)5)26-14-12-25(13-15-26)18-9-7-8-17(2)16-18;/h7-9,16H,6,10-15H2,1-5H3,(H,22,24)(H,23,27);1H. The van der Waals surface area contributed by atoms with Crippen LogP contribution in [0.5, 0.6) is 0 Å². The molecule has 1 aliphatic rings. The summed E-state index contributed by atoms with van der Waals surface area (Å²) in [6.07, 6.45) is 0. The lowest BCUT2D eigenvalue weighted by atomic mass is 9.96. The van der Waals surface area contributed by atoms with Gasteiger partial charge in [0.15, 0.2) is 5.96 Å². The number of guanidine groups is 1. The average molecular weight is 501 g/mol. The fourth-order valence-corrected chi connectivity index (χ4v) is 3.02. The highest BCUT2D eigenvalue weighted by Gasteiger charge is 2.21. The fourth-order valence-electron chi connectivity index (χ4n) is 3.02. The van der Waals surface area contributed by atoms with Crippen molar-refractivity contribution < 1.29 is 4.79 Å². The van der Waals surface area contributed by atoms with Crippen LogP contribution in [0.15, 0.2) is 29.3 Å². The number of carbonyl (C=O) groups is 1. The predicted octanol–water partition coefficient (Wildman–Crippen LogP) is 2.86. The van der Waals surface area contributed by atoms with Gasteiger partial charge in [-0.3, -0.25) is 9.79 Å². The molecule has 158 valence electrons. The number of aliphatic imine (C=N–C) groups is 1. The van der Waals surface area contributed by atoms with E-state index in [2.05, 4.69) is 58.5 Å². The maximum atomic E-state index is 11.9. The number of nitrogens with one attached hydrogen (secondary N) is 2. The predicted molar refractivity (Wildman–Crippen MR) is 129 cm³/mol. The second kappa shape index (κ2) is 11.5. The number of amides is 1. The van der Waals surface area contributed by atoms with E-state index in [4.69, 9.17) is 4.99 Å². The van der Waals surface area contributed by atoms with Gasteiger partial charge >= 0.3 is 0 Å². The summed E-state index contributed by atoms with van der Waals surface area (Å²) in [7, 11) is 0. The fraction of sp³-hybridized carbons (Fsp3) is 0.619. The first-order valence-electron chi connectivity index (χ1n) is 9.94. The number of aryl methyl sites for hydroxylation is 1. The lowest BCUT2D eigenvalue weighted by Crippen LogP contribution is -2.52. The highest BCUT2D eigenvalue weighted by molar-refractivity contribution is 14.0. The Balaban J connectivity index is 0.00000392. The van der Waals surface area contributed by atoms with Gasteiger partial charge in [-0.1, -0.05) is 32.9 Å². The molecular weight excluding hydrogens is 465 g/mol. The lowest BCUT2D eigenvalue weighted by Gasteiger charge is -2.37. The van der Waals surface area contributed by atoms with Gasteiger partial charge in [0.05, 0.1) is 6.54 Å². The number of piperazine rings is 1. The molecule has 1 aliphatic heterocycles. The summed E-state index contributed by atoms with van der Waals surface area (Å²) in [5.74, 6) is 1.00. The molecular formula is C21H36IN5O. The second-order valence-corrected chi connectivity index (χ2v) is 8.05. The van der Waals surface area contributed by atoms with E-state index in [1.54, 1.807) is 0 Å². The zero-order valence-electron chi connectivity index (χ0n) is 17.9. The van der Waals surface area contributed by atoms with E-state index in [0.29, 0.717) is 13.1 Å². The van der Waals surface area contributed by atoms with Crippen molar-refractivity contribution in [3.8, 4) is 0 Å². The Morgan fingerprint density at radius 2 is 1.82 bits per heavy atom. The Labute approximate surface area is 187 Å². The zero-order chi connectivity index (χ0) is 19.9. The molecule has 0 radical (unpaired) electrons. The summed E-state index contributed by atoms with van der Waals surface area (Å²) in [4.78, 5) is 21.4. The molecule has 1 amide bonds. The van der Waals surface area contributed by atoms with Crippen LogP contribution in [-0.2, 0) is 4.79 Å². The van der Waals surface area contributed by atoms with Gasteiger partial charge in [0, 0.05) is 50.4 Å². The first kappa shape index (κ1) is 24.5. The maximum absolute atomic E-state index is 11.9. The molecule has 0 atom stereocenters. The first-order chi connectivity index (χ1) is 12.8. The van der Waals surface area contributed by atoms with Gasteiger partial charge in [0.1, 0.15) is 0 Å². The third-order valence-electron chi connectivity index (χ3n) is 4.62. The SMILES string of the molecule is CCNC(=NCCNC(=O)C(C)(C)C)N1CCN(c2cccc(C)c2)CC1.I. The molecule has 0 saturated carbocycles. The zero-order valence-corrected chi connectivity index (χ0v) is 20.2. The van der Waals surface area contributed by atoms with E-state index in [-0.39, 0.29) is 35.3 Å². The Bertz CT molecular complexity index is 648. The van der Waals surface area contributed by atoms with Crippen LogP contribution >= 0.6 is 24.0 Å². The van der Waals surface area contributed by atoms with Crippen LogP contribution in [0.25, 0.3) is 0 Å². The summed E-state index contributed by atoms with van der Waals surface area (Å²) >= 11 is 0. The normalized spacial score (nSPS) is 15.1. The summed E-state index contributed by atoms with van der Waals surface area (Å²) in [5, 5.41) is 6.34. The molecule has 0 aliphatic carbocycles. The smallest absolute Gasteiger partial charge is 0.225 e. The van der Waals surface area contributed by atoms with Crippen molar-refractivity contribution >= 4 is 41.5 Å². The van der Waals surface area contributed by atoms with E-state index in [9.17, 15) is 4.79 Å². The summed E-state index contributed by atoms with van der Waals surface area (Å²) in [6, 6.07) is 8.68. The monoisotopic (exact) mass is 501 g/mol. The number of carbonyl (C=O) groups excluding carboxylic acids is 1. The molecule has 1 aromatic rings. The first-order valence-corrected chi connectivity index (χ1v) is 9.94. The van der Waals surface area contributed by atoms with Crippen LogP contribution in [0.2, 0.25) is 0 Å². The van der Waals surface area contributed by atoms with Crippen molar-refractivity contribution in [3.63, 3.8) is 0 Å². The van der Waals surface area contributed by atoms with E-state index in [1.165, 1.54) is 11.3 Å². The van der Waals surface area contributed by atoms with Gasteiger partial charge in [-0.05, 0) is 31.5 Å². The highest BCUT2D eigenvalue weighted by atomic mass is 127. The largest absolute Gasteiger partial charge is 0.368 e. The molecule has 1 saturated heterocycles. The van der Waals surface area contributed by atoms with E-state index in [0.717, 1.165) is 38.7 Å². The van der Waals surface area contributed by atoms with Crippen molar-refractivity contribution in [1.82, 2.24) is 15.5 Å². The van der Waals surface area contributed by atoms with Crippen molar-refractivity contribution in [2.75, 3.05) is 50.7 Å². The molecule has 0 aromatic heterocycles. The number of hydrogen-bond acceptors (Lipinski definition) is 3. The minimum atomic E-state index is -0.361. The second-order valence-electron chi connectivity index (χ2n) is 8.05. The number of anilines is 1. The average Bonchev–Trinajstić information content (AvgIpc) is 2.63. The summed E-state index contributed by atoms with van der Waals surface area (Å²) in [6.45, 7) is 15.8. The summed E-state index contributed by atoms with van der Waals surface area (Å²) in [5.41, 5.74) is 2.23. The van der Waals surface area contributed by atoms with E-state index < -0.39 is 0 Å². The van der Waals surface area contributed by atoms with Crippen molar-refractivity contribution in [1.29, 1.82) is 0 Å². The van der Waals surface area contributed by atoms with Crippen LogP contribution in [0, 0.1) is 12.3 Å². The number of hydrogen-bond donors (Lipinski definition) is 2. The van der Waals surface area contributed by atoms with Crippen LogP contribution in [-0.4, -0.2) is 62.6 Å². The number of halogens is 1. The van der Waals surface area contributed by atoms with Crippen LogP contribution in [0.4, 0.5) is 5.69 Å². The summed E-state index contributed by atoms with van der Waals surface area (Å²) < 4.78 is 0. The van der Waals surface area contributed by atoms with Gasteiger partial charge in [-0.25, -0.2) is 0 Å². The molecule has 1 heterocycles.